The molecule has 0 saturated carbocycles. The molecule has 1 atom stereocenters. The predicted octanol–water partition coefficient (Wildman–Crippen LogP) is 2.15. The van der Waals surface area contributed by atoms with Crippen LogP contribution < -0.4 is 0 Å². The van der Waals surface area contributed by atoms with E-state index >= 15 is 0 Å². The quantitative estimate of drug-likeness (QED) is 0.757. The van der Waals surface area contributed by atoms with Crippen molar-refractivity contribution in [3.05, 3.63) is 11.8 Å². The van der Waals surface area contributed by atoms with Gasteiger partial charge in [-0.05, 0) is 0 Å². The minimum atomic E-state index is 0.423. The number of nitrogens with zero attached hydrogens (tertiary/aromatic N) is 2. The van der Waals surface area contributed by atoms with Gasteiger partial charge in [-0.25, -0.2) is 0 Å². The average Bonchev–Trinajstić information content (AvgIpc) is 2.67. The summed E-state index contributed by atoms with van der Waals surface area (Å²) >= 11 is 3.89. The molecule has 1 aromatic heterocycles. The van der Waals surface area contributed by atoms with Gasteiger partial charge in [0.25, 0.3) is 0 Å². The van der Waals surface area contributed by atoms with Crippen molar-refractivity contribution in [2.24, 2.45) is 0 Å². The van der Waals surface area contributed by atoms with Gasteiger partial charge in [0, 0.05) is 23.7 Å². The molecule has 1 aliphatic heterocycles. The zero-order valence-corrected chi connectivity index (χ0v) is 9.16. The van der Waals surface area contributed by atoms with Gasteiger partial charge < -0.3 is 4.42 Å². The number of hydrogen-bond donors (Lipinski definition) is 0. The maximum atomic E-state index is 5.52. The van der Waals surface area contributed by atoms with Gasteiger partial charge >= 0.3 is 0 Å². The average molecular weight is 216 g/mol. The van der Waals surface area contributed by atoms with Crippen molar-refractivity contribution >= 4 is 23.5 Å². The van der Waals surface area contributed by atoms with E-state index in [4.69, 9.17) is 4.42 Å². The molecule has 2 heterocycles. The van der Waals surface area contributed by atoms with Crippen LogP contribution in [0.4, 0.5) is 0 Å². The van der Waals surface area contributed by atoms with Gasteiger partial charge in [0.1, 0.15) is 0 Å². The lowest BCUT2D eigenvalue weighted by Crippen LogP contribution is -2.06. The maximum absolute atomic E-state index is 5.52. The van der Waals surface area contributed by atoms with Gasteiger partial charge in [0.15, 0.2) is 0 Å². The monoisotopic (exact) mass is 216 g/mol. The van der Waals surface area contributed by atoms with Crippen LogP contribution in [0.5, 0.6) is 0 Å². The van der Waals surface area contributed by atoms with Crippen molar-refractivity contribution in [3.63, 3.8) is 0 Å². The minimum Gasteiger partial charge on any atom is -0.424 e. The minimum absolute atomic E-state index is 0.423. The molecule has 0 spiro atoms. The Morgan fingerprint density at radius 1 is 1.46 bits per heavy atom. The number of hydrogen-bond acceptors (Lipinski definition) is 5. The van der Waals surface area contributed by atoms with Gasteiger partial charge in [0.05, 0.1) is 5.25 Å². The molecule has 0 radical (unpaired) electrons. The summed E-state index contributed by atoms with van der Waals surface area (Å²) in [6.07, 6.45) is 0.831. The molecule has 0 aromatic carbocycles. The summed E-state index contributed by atoms with van der Waals surface area (Å²) in [6.45, 7) is 2.03. The summed E-state index contributed by atoms with van der Waals surface area (Å²) in [5.41, 5.74) is 0. The lowest BCUT2D eigenvalue weighted by atomic mass is 10.5. The molecule has 5 heteroatoms. The van der Waals surface area contributed by atoms with E-state index in [-0.39, 0.29) is 0 Å². The van der Waals surface area contributed by atoms with Gasteiger partial charge in [-0.3, -0.25) is 0 Å². The van der Waals surface area contributed by atoms with E-state index in [1.807, 2.05) is 30.4 Å². The normalized spacial score (nSPS) is 23.3. The van der Waals surface area contributed by atoms with E-state index in [1.165, 1.54) is 11.5 Å². The highest BCUT2D eigenvalue weighted by atomic mass is 32.2. The standard InChI is InChI=1S/C8H12N2OS2/c1-2-7-9-10-8(11-7)6-5-12-3-4-13-6/h6H,2-5H2,1H3. The van der Waals surface area contributed by atoms with Crippen molar-refractivity contribution in [2.45, 2.75) is 18.6 Å². The van der Waals surface area contributed by atoms with Crippen molar-refractivity contribution < 1.29 is 4.42 Å². The second-order valence-electron chi connectivity index (χ2n) is 2.82. The van der Waals surface area contributed by atoms with Crippen LogP contribution in [0, 0.1) is 0 Å². The van der Waals surface area contributed by atoms with E-state index < -0.39 is 0 Å². The third kappa shape index (κ3) is 2.20. The molecule has 1 unspecified atom stereocenters. The molecule has 1 aromatic rings. The first-order valence-corrected chi connectivity index (χ1v) is 6.62. The number of aromatic nitrogens is 2. The Balaban J connectivity index is 2.05. The number of rotatable bonds is 2. The van der Waals surface area contributed by atoms with Crippen LogP contribution >= 0.6 is 23.5 Å². The van der Waals surface area contributed by atoms with Gasteiger partial charge in [-0.2, -0.15) is 11.8 Å². The van der Waals surface area contributed by atoms with Crippen LogP contribution in [0.1, 0.15) is 24.0 Å². The van der Waals surface area contributed by atoms with Crippen LogP contribution in [0.25, 0.3) is 0 Å². The Morgan fingerprint density at radius 2 is 2.38 bits per heavy atom. The zero-order chi connectivity index (χ0) is 9.10. The van der Waals surface area contributed by atoms with Crippen LogP contribution in [0.15, 0.2) is 4.42 Å². The molecule has 0 N–H and O–H groups in total. The summed E-state index contributed by atoms with van der Waals surface area (Å²) in [6, 6.07) is 0. The van der Waals surface area contributed by atoms with E-state index in [0.717, 1.165) is 24.0 Å². The summed E-state index contributed by atoms with van der Waals surface area (Å²) in [5.74, 6) is 5.12. The molecule has 2 rings (SSSR count). The topological polar surface area (TPSA) is 38.9 Å². The van der Waals surface area contributed by atoms with Gasteiger partial charge in [-0.15, -0.1) is 22.0 Å². The molecule has 1 fully saturated rings. The number of thioether (sulfide) groups is 2. The van der Waals surface area contributed by atoms with Crippen molar-refractivity contribution in [3.8, 4) is 0 Å². The zero-order valence-electron chi connectivity index (χ0n) is 7.52. The molecule has 13 heavy (non-hydrogen) atoms. The molecular formula is C8H12N2OS2. The third-order valence-corrected chi connectivity index (χ3v) is 4.62. The SMILES string of the molecule is CCc1nnc(C2CSCCS2)o1. The van der Waals surface area contributed by atoms with E-state index in [9.17, 15) is 0 Å². The highest BCUT2D eigenvalue weighted by Crippen LogP contribution is 2.35. The Kier molecular flexibility index (Phi) is 3.16. The largest absolute Gasteiger partial charge is 0.424 e. The Bertz CT molecular complexity index is 271. The maximum Gasteiger partial charge on any atom is 0.230 e. The Labute approximate surface area is 86.1 Å². The van der Waals surface area contributed by atoms with Crippen molar-refractivity contribution in [2.75, 3.05) is 17.3 Å². The van der Waals surface area contributed by atoms with Gasteiger partial charge in [-0.1, -0.05) is 6.92 Å². The fraction of sp³-hybridized carbons (Fsp3) is 0.750. The molecule has 72 valence electrons. The first-order valence-electron chi connectivity index (χ1n) is 4.41. The molecule has 3 nitrogen and oxygen atoms in total. The fourth-order valence-electron chi connectivity index (χ4n) is 1.17. The lowest BCUT2D eigenvalue weighted by Gasteiger charge is -2.16. The highest BCUT2D eigenvalue weighted by molar-refractivity contribution is 8.06. The Morgan fingerprint density at radius 3 is 3.00 bits per heavy atom. The molecule has 1 saturated heterocycles. The third-order valence-electron chi connectivity index (χ3n) is 1.88. The van der Waals surface area contributed by atoms with Crippen molar-refractivity contribution in [1.29, 1.82) is 0 Å². The summed E-state index contributed by atoms with van der Waals surface area (Å²) in [7, 11) is 0. The van der Waals surface area contributed by atoms with Gasteiger partial charge in [0.2, 0.25) is 11.8 Å². The van der Waals surface area contributed by atoms with Crippen LogP contribution in [0.3, 0.4) is 0 Å². The summed E-state index contributed by atoms with van der Waals surface area (Å²) in [5, 5.41) is 8.45. The molecule has 0 aliphatic carbocycles. The molecule has 1 aliphatic rings. The van der Waals surface area contributed by atoms with Crippen LogP contribution in [-0.4, -0.2) is 27.5 Å². The van der Waals surface area contributed by atoms with E-state index in [2.05, 4.69) is 10.2 Å². The second kappa shape index (κ2) is 4.37. The predicted molar refractivity (Wildman–Crippen MR) is 56.2 cm³/mol. The lowest BCUT2D eigenvalue weighted by molar-refractivity contribution is 0.457. The van der Waals surface area contributed by atoms with E-state index in [1.54, 1.807) is 0 Å². The molecule has 0 amide bonds. The first-order chi connectivity index (χ1) is 6.40. The highest BCUT2D eigenvalue weighted by Gasteiger charge is 2.21. The van der Waals surface area contributed by atoms with Crippen molar-refractivity contribution in [1.82, 2.24) is 10.2 Å². The Hall–Kier alpha value is -0.160. The second-order valence-corrected chi connectivity index (χ2v) is 5.28. The summed E-state index contributed by atoms with van der Waals surface area (Å²) < 4.78 is 5.52. The van der Waals surface area contributed by atoms with Crippen LogP contribution in [0.2, 0.25) is 0 Å². The first kappa shape index (κ1) is 9.40. The number of aryl methyl sites for hydroxylation is 1. The fourth-order valence-corrected chi connectivity index (χ4v) is 3.75. The summed E-state index contributed by atoms with van der Waals surface area (Å²) in [4.78, 5) is 0. The molecule has 0 bridgehead atoms. The van der Waals surface area contributed by atoms with E-state index in [0.29, 0.717) is 5.25 Å². The van der Waals surface area contributed by atoms with Crippen LogP contribution in [-0.2, 0) is 6.42 Å². The smallest absolute Gasteiger partial charge is 0.230 e. The molecular weight excluding hydrogens is 204 g/mol.